The summed E-state index contributed by atoms with van der Waals surface area (Å²) in [7, 11) is -3.79. The Kier molecular flexibility index (Phi) is 6.06. The molecule has 8 heteroatoms. The van der Waals surface area contributed by atoms with Crippen LogP contribution in [0, 0.1) is 11.7 Å². The molecule has 2 atom stereocenters. The second-order valence-electron chi connectivity index (χ2n) is 7.66. The van der Waals surface area contributed by atoms with E-state index in [1.54, 1.807) is 6.07 Å². The van der Waals surface area contributed by atoms with Crippen molar-refractivity contribution in [3.63, 3.8) is 0 Å². The Hall–Kier alpha value is -1.25. The van der Waals surface area contributed by atoms with E-state index in [0.717, 1.165) is 0 Å². The van der Waals surface area contributed by atoms with Gasteiger partial charge >= 0.3 is 5.97 Å². The zero-order chi connectivity index (χ0) is 18.8. The van der Waals surface area contributed by atoms with Crippen LogP contribution in [0.5, 0.6) is 0 Å². The van der Waals surface area contributed by atoms with Crippen LogP contribution in [-0.2, 0) is 19.6 Å². The lowest BCUT2D eigenvalue weighted by atomic mass is 9.94. The molecular formula is C17H26FNO4SSi. The number of benzene rings is 1. The molecule has 0 amide bonds. The number of halogens is 1. The van der Waals surface area contributed by atoms with Gasteiger partial charge in [-0.25, -0.2) is 12.8 Å². The minimum Gasteiger partial charge on any atom is -0.469 e. The van der Waals surface area contributed by atoms with E-state index in [-0.39, 0.29) is 12.3 Å². The van der Waals surface area contributed by atoms with Crippen molar-refractivity contribution in [3.05, 3.63) is 35.6 Å². The van der Waals surface area contributed by atoms with Gasteiger partial charge in [-0.2, -0.15) is 4.31 Å². The van der Waals surface area contributed by atoms with Gasteiger partial charge in [0.25, 0.3) is 0 Å². The normalized spacial score (nSPS) is 22.1. The van der Waals surface area contributed by atoms with Gasteiger partial charge < -0.3 is 4.74 Å². The van der Waals surface area contributed by atoms with E-state index in [9.17, 15) is 17.6 Å². The second-order valence-corrected chi connectivity index (χ2v) is 15.3. The highest BCUT2D eigenvalue weighted by molar-refractivity contribution is 7.89. The quantitative estimate of drug-likeness (QED) is 0.556. The van der Waals surface area contributed by atoms with Gasteiger partial charge in [-0.15, -0.1) is 0 Å². The van der Waals surface area contributed by atoms with Gasteiger partial charge in [0, 0.05) is 14.6 Å². The minimum absolute atomic E-state index is 0.0580. The van der Waals surface area contributed by atoms with Crippen LogP contribution in [0.4, 0.5) is 4.39 Å². The molecule has 1 saturated heterocycles. The number of hydrogen-bond acceptors (Lipinski definition) is 4. The van der Waals surface area contributed by atoms with Gasteiger partial charge in [-0.05, 0) is 30.2 Å². The van der Waals surface area contributed by atoms with Crippen LogP contribution in [0.1, 0.15) is 18.0 Å². The number of sulfonamides is 1. The third kappa shape index (κ3) is 4.89. The average Bonchev–Trinajstić information content (AvgIpc) is 2.97. The fourth-order valence-electron chi connectivity index (χ4n) is 3.12. The molecule has 0 unspecified atom stereocenters. The first-order chi connectivity index (χ1) is 11.5. The van der Waals surface area contributed by atoms with Gasteiger partial charge in [-0.3, -0.25) is 4.79 Å². The van der Waals surface area contributed by atoms with E-state index in [4.69, 9.17) is 4.74 Å². The third-order valence-electron chi connectivity index (χ3n) is 4.51. The van der Waals surface area contributed by atoms with Crippen LogP contribution in [-0.4, -0.2) is 46.2 Å². The fourth-order valence-corrected chi connectivity index (χ4v) is 7.83. The van der Waals surface area contributed by atoms with Crippen molar-refractivity contribution in [3.8, 4) is 0 Å². The lowest BCUT2D eigenvalue weighted by Gasteiger charge is -2.28. The van der Waals surface area contributed by atoms with E-state index in [2.05, 4.69) is 19.6 Å². The molecule has 0 saturated carbocycles. The van der Waals surface area contributed by atoms with Crippen LogP contribution in [0.3, 0.4) is 0 Å². The molecule has 25 heavy (non-hydrogen) atoms. The summed E-state index contributed by atoms with van der Waals surface area (Å²) in [6.45, 7) is 6.60. The molecule has 140 valence electrons. The first kappa shape index (κ1) is 20.1. The number of carbonyl (C=O) groups is 1. The van der Waals surface area contributed by atoms with Crippen LogP contribution in [0.25, 0.3) is 0 Å². The molecule has 0 N–H and O–H groups in total. The summed E-state index contributed by atoms with van der Waals surface area (Å²) >= 11 is 0. The molecule has 0 radical (unpaired) electrons. The highest BCUT2D eigenvalue weighted by Gasteiger charge is 2.45. The van der Waals surface area contributed by atoms with Crippen LogP contribution >= 0.6 is 0 Å². The summed E-state index contributed by atoms with van der Waals surface area (Å²) in [5.41, 5.74) is 0.490. The summed E-state index contributed by atoms with van der Waals surface area (Å²) in [6.07, 6.45) is 0.375. The maximum Gasteiger partial charge on any atom is 0.310 e. The molecule has 1 aliphatic heterocycles. The number of methoxy groups -OCH3 is 1. The average molecular weight is 388 g/mol. The summed E-state index contributed by atoms with van der Waals surface area (Å²) in [6, 6.07) is 5.72. The molecule has 5 nitrogen and oxygen atoms in total. The topological polar surface area (TPSA) is 63.7 Å². The molecule has 1 fully saturated rings. The van der Waals surface area contributed by atoms with Gasteiger partial charge in [-0.1, -0.05) is 31.8 Å². The minimum atomic E-state index is -3.54. The SMILES string of the molecule is COC(=O)[C@H]1CCN(S(=O)(=O)CC[Si](C)(C)C)[C@@H]1c1cccc(F)c1. The van der Waals surface area contributed by atoms with E-state index in [1.807, 2.05) is 0 Å². The molecule has 2 rings (SSSR count). The van der Waals surface area contributed by atoms with Gasteiger partial charge in [0.05, 0.1) is 24.8 Å². The molecule has 0 bridgehead atoms. The zero-order valence-electron chi connectivity index (χ0n) is 15.2. The number of nitrogens with zero attached hydrogens (tertiary/aromatic N) is 1. The predicted molar refractivity (Wildman–Crippen MR) is 97.9 cm³/mol. The Balaban J connectivity index is 2.37. The molecule has 0 aromatic heterocycles. The summed E-state index contributed by atoms with van der Waals surface area (Å²) < 4.78 is 45.7. The van der Waals surface area contributed by atoms with Crippen molar-refractivity contribution in [1.29, 1.82) is 0 Å². The van der Waals surface area contributed by atoms with Gasteiger partial charge in [0.15, 0.2) is 0 Å². The molecule has 1 aliphatic rings. The highest BCUT2D eigenvalue weighted by Crippen LogP contribution is 2.40. The van der Waals surface area contributed by atoms with E-state index >= 15 is 0 Å². The summed E-state index contributed by atoms with van der Waals surface area (Å²) in [5, 5.41) is 0. The van der Waals surface area contributed by atoms with Crippen molar-refractivity contribution in [2.45, 2.75) is 38.1 Å². The Morgan fingerprint density at radius 1 is 1.36 bits per heavy atom. The van der Waals surface area contributed by atoms with Crippen LogP contribution in [0.2, 0.25) is 25.7 Å². The molecule has 1 aromatic rings. The molecule has 0 spiro atoms. The van der Waals surface area contributed by atoms with Gasteiger partial charge in [0.2, 0.25) is 10.0 Å². The first-order valence-electron chi connectivity index (χ1n) is 8.38. The summed E-state index contributed by atoms with van der Waals surface area (Å²) in [5.74, 6) is -1.47. The largest absolute Gasteiger partial charge is 0.469 e. The molecule has 0 aliphatic carbocycles. The number of hydrogen-bond donors (Lipinski definition) is 0. The number of carbonyl (C=O) groups excluding carboxylic acids is 1. The monoisotopic (exact) mass is 387 g/mol. The molecule has 1 heterocycles. The Morgan fingerprint density at radius 2 is 2.04 bits per heavy atom. The third-order valence-corrected chi connectivity index (χ3v) is 8.47. The van der Waals surface area contributed by atoms with Crippen molar-refractivity contribution < 1.29 is 22.3 Å². The van der Waals surface area contributed by atoms with Gasteiger partial charge in [0.1, 0.15) is 5.82 Å². The van der Waals surface area contributed by atoms with Crippen molar-refractivity contribution >= 4 is 24.1 Å². The number of rotatable bonds is 6. The zero-order valence-corrected chi connectivity index (χ0v) is 17.0. The standard InChI is InChI=1S/C17H26FNO4SSi/c1-23-17(20)15-8-9-19(24(21,22)10-11-25(2,3)4)16(15)13-6-5-7-14(18)12-13/h5-7,12,15-16H,8-11H2,1-4H3/t15-,16+/m0/s1. The highest BCUT2D eigenvalue weighted by atomic mass is 32.2. The van der Waals surface area contributed by atoms with E-state index < -0.39 is 41.8 Å². The first-order valence-corrected chi connectivity index (χ1v) is 13.7. The maximum absolute atomic E-state index is 13.7. The lowest BCUT2D eigenvalue weighted by molar-refractivity contribution is -0.146. The number of esters is 1. The van der Waals surface area contributed by atoms with Crippen molar-refractivity contribution in [2.24, 2.45) is 5.92 Å². The summed E-state index contributed by atoms with van der Waals surface area (Å²) in [4.78, 5) is 12.1. The van der Waals surface area contributed by atoms with Crippen LogP contribution in [0.15, 0.2) is 24.3 Å². The van der Waals surface area contributed by atoms with Crippen molar-refractivity contribution in [2.75, 3.05) is 19.4 Å². The maximum atomic E-state index is 13.7. The lowest BCUT2D eigenvalue weighted by Crippen LogP contribution is -2.37. The number of ether oxygens (including phenoxy) is 1. The van der Waals surface area contributed by atoms with E-state index in [1.165, 1.54) is 29.6 Å². The second kappa shape index (κ2) is 7.55. The smallest absolute Gasteiger partial charge is 0.310 e. The Bertz CT molecular complexity index is 732. The molecule has 1 aromatic carbocycles. The predicted octanol–water partition coefficient (Wildman–Crippen LogP) is 3.03. The van der Waals surface area contributed by atoms with Crippen LogP contribution < -0.4 is 0 Å². The molecular weight excluding hydrogens is 361 g/mol. The Labute approximate surface area is 150 Å². The van der Waals surface area contributed by atoms with Crippen molar-refractivity contribution in [1.82, 2.24) is 4.31 Å². The fraction of sp³-hybridized carbons (Fsp3) is 0.588. The Morgan fingerprint density at radius 3 is 2.60 bits per heavy atom. The van der Waals surface area contributed by atoms with E-state index in [0.29, 0.717) is 18.0 Å².